The van der Waals surface area contributed by atoms with Gasteiger partial charge in [0.1, 0.15) is 6.10 Å². The summed E-state index contributed by atoms with van der Waals surface area (Å²) in [5, 5.41) is 1.99. The second-order valence-corrected chi connectivity index (χ2v) is 5.74. The standard InChI is InChI=1S/C12H18O2S/c1-12(2,3)11(14-4)10(13)8-9-6-5-7-15-9/h5-7,11H,8H2,1-4H3. The Labute approximate surface area is 95.3 Å². The molecule has 1 aromatic heterocycles. The Bertz CT molecular complexity index is 309. The third-order valence-electron chi connectivity index (χ3n) is 2.24. The van der Waals surface area contributed by atoms with E-state index in [-0.39, 0.29) is 17.3 Å². The summed E-state index contributed by atoms with van der Waals surface area (Å²) in [4.78, 5) is 13.1. The van der Waals surface area contributed by atoms with Crippen molar-refractivity contribution in [2.45, 2.75) is 33.3 Å². The van der Waals surface area contributed by atoms with Gasteiger partial charge in [0, 0.05) is 18.4 Å². The summed E-state index contributed by atoms with van der Waals surface area (Å²) in [6.45, 7) is 6.06. The van der Waals surface area contributed by atoms with Gasteiger partial charge in [-0.1, -0.05) is 26.8 Å². The second kappa shape index (κ2) is 4.90. The van der Waals surface area contributed by atoms with Crippen molar-refractivity contribution in [3.8, 4) is 0 Å². The van der Waals surface area contributed by atoms with Crippen LogP contribution in [0.3, 0.4) is 0 Å². The third-order valence-corrected chi connectivity index (χ3v) is 3.12. The predicted octanol–water partition coefficient (Wildman–Crippen LogP) is 2.92. The number of carbonyl (C=O) groups is 1. The number of ketones is 1. The van der Waals surface area contributed by atoms with Gasteiger partial charge >= 0.3 is 0 Å². The lowest BCUT2D eigenvalue weighted by molar-refractivity contribution is -0.134. The van der Waals surface area contributed by atoms with Gasteiger partial charge in [-0.3, -0.25) is 4.79 Å². The molecule has 0 aliphatic rings. The van der Waals surface area contributed by atoms with Gasteiger partial charge in [-0.2, -0.15) is 0 Å². The van der Waals surface area contributed by atoms with Crippen LogP contribution in [-0.4, -0.2) is 19.0 Å². The van der Waals surface area contributed by atoms with E-state index in [9.17, 15) is 4.79 Å². The summed E-state index contributed by atoms with van der Waals surface area (Å²) >= 11 is 1.61. The first-order valence-corrected chi connectivity index (χ1v) is 5.91. The van der Waals surface area contributed by atoms with E-state index in [1.165, 1.54) is 0 Å². The number of ether oxygens (including phenoxy) is 1. The van der Waals surface area contributed by atoms with Crippen LogP contribution < -0.4 is 0 Å². The van der Waals surface area contributed by atoms with E-state index >= 15 is 0 Å². The minimum Gasteiger partial charge on any atom is -0.373 e. The van der Waals surface area contributed by atoms with Crippen molar-refractivity contribution >= 4 is 17.1 Å². The van der Waals surface area contributed by atoms with Gasteiger partial charge in [0.25, 0.3) is 0 Å². The molecule has 3 heteroatoms. The number of hydrogen-bond donors (Lipinski definition) is 0. The summed E-state index contributed by atoms with van der Waals surface area (Å²) in [5.41, 5.74) is -0.136. The van der Waals surface area contributed by atoms with Gasteiger partial charge in [-0.25, -0.2) is 0 Å². The molecule has 1 aromatic rings. The smallest absolute Gasteiger partial charge is 0.167 e. The fraction of sp³-hybridized carbons (Fsp3) is 0.583. The molecule has 0 aromatic carbocycles. The Kier molecular flexibility index (Phi) is 4.05. The van der Waals surface area contributed by atoms with Crippen molar-refractivity contribution in [2.75, 3.05) is 7.11 Å². The van der Waals surface area contributed by atoms with Gasteiger partial charge in [0.15, 0.2) is 5.78 Å². The molecule has 0 spiro atoms. The van der Waals surface area contributed by atoms with Crippen LogP contribution in [0.15, 0.2) is 17.5 Å². The van der Waals surface area contributed by atoms with Crippen molar-refractivity contribution in [3.63, 3.8) is 0 Å². The normalized spacial score (nSPS) is 13.9. The summed E-state index contributed by atoms with van der Waals surface area (Å²) in [5.74, 6) is 0.160. The van der Waals surface area contributed by atoms with Crippen LogP contribution in [0.2, 0.25) is 0 Å². The van der Waals surface area contributed by atoms with E-state index in [1.807, 2.05) is 38.3 Å². The van der Waals surface area contributed by atoms with E-state index in [4.69, 9.17) is 4.74 Å². The maximum absolute atomic E-state index is 12.0. The molecule has 0 saturated heterocycles. The first-order valence-electron chi connectivity index (χ1n) is 5.03. The quantitative estimate of drug-likeness (QED) is 0.789. The number of hydrogen-bond acceptors (Lipinski definition) is 3. The highest BCUT2D eigenvalue weighted by atomic mass is 32.1. The summed E-state index contributed by atoms with van der Waals surface area (Å²) in [7, 11) is 1.60. The summed E-state index contributed by atoms with van der Waals surface area (Å²) in [6, 6.07) is 3.95. The number of methoxy groups -OCH3 is 1. The molecular formula is C12H18O2S. The molecule has 1 rings (SSSR count). The van der Waals surface area contributed by atoms with Crippen molar-refractivity contribution in [1.29, 1.82) is 0 Å². The highest BCUT2D eigenvalue weighted by Crippen LogP contribution is 2.24. The zero-order valence-electron chi connectivity index (χ0n) is 9.74. The van der Waals surface area contributed by atoms with Crippen molar-refractivity contribution in [2.24, 2.45) is 5.41 Å². The van der Waals surface area contributed by atoms with Gasteiger partial charge in [0.05, 0.1) is 0 Å². The largest absolute Gasteiger partial charge is 0.373 e. The zero-order valence-corrected chi connectivity index (χ0v) is 10.6. The Balaban J connectivity index is 2.67. The Morgan fingerprint density at radius 1 is 1.53 bits per heavy atom. The Morgan fingerprint density at radius 2 is 2.20 bits per heavy atom. The summed E-state index contributed by atoms with van der Waals surface area (Å²) in [6.07, 6.45) is 0.160. The van der Waals surface area contributed by atoms with Crippen molar-refractivity contribution in [3.05, 3.63) is 22.4 Å². The first-order chi connectivity index (χ1) is 6.95. The van der Waals surface area contributed by atoms with Gasteiger partial charge in [-0.05, 0) is 16.9 Å². The number of thiophene rings is 1. The van der Waals surface area contributed by atoms with E-state index in [2.05, 4.69) is 0 Å². The molecule has 15 heavy (non-hydrogen) atoms. The van der Waals surface area contributed by atoms with Crippen molar-refractivity contribution < 1.29 is 9.53 Å². The van der Waals surface area contributed by atoms with Crippen LogP contribution in [-0.2, 0) is 16.0 Å². The minimum atomic E-state index is -0.320. The molecule has 84 valence electrons. The van der Waals surface area contributed by atoms with Crippen LogP contribution in [0.25, 0.3) is 0 Å². The second-order valence-electron chi connectivity index (χ2n) is 4.70. The van der Waals surface area contributed by atoms with E-state index in [0.717, 1.165) is 4.88 Å². The lowest BCUT2D eigenvalue weighted by atomic mass is 9.85. The number of rotatable bonds is 4. The van der Waals surface area contributed by atoms with Crippen LogP contribution in [0.4, 0.5) is 0 Å². The first kappa shape index (κ1) is 12.4. The molecule has 0 N–H and O–H groups in total. The highest BCUT2D eigenvalue weighted by molar-refractivity contribution is 7.10. The maximum atomic E-state index is 12.0. The highest BCUT2D eigenvalue weighted by Gasteiger charge is 2.30. The molecule has 0 bridgehead atoms. The van der Waals surface area contributed by atoms with Gasteiger partial charge < -0.3 is 4.74 Å². The monoisotopic (exact) mass is 226 g/mol. The maximum Gasteiger partial charge on any atom is 0.167 e. The average Bonchev–Trinajstić information content (AvgIpc) is 2.54. The molecule has 2 nitrogen and oxygen atoms in total. The minimum absolute atomic E-state index is 0.136. The topological polar surface area (TPSA) is 26.3 Å². The van der Waals surface area contributed by atoms with Crippen LogP contribution in [0, 0.1) is 5.41 Å². The fourth-order valence-electron chi connectivity index (χ4n) is 1.65. The van der Waals surface area contributed by atoms with Gasteiger partial charge in [-0.15, -0.1) is 11.3 Å². The third kappa shape index (κ3) is 3.43. The molecule has 1 heterocycles. The molecule has 1 atom stereocenters. The number of carbonyl (C=O) groups excluding carboxylic acids is 1. The summed E-state index contributed by atoms with van der Waals surface area (Å²) < 4.78 is 5.28. The van der Waals surface area contributed by atoms with E-state index in [0.29, 0.717) is 6.42 Å². The lowest BCUT2D eigenvalue weighted by Gasteiger charge is -2.27. The molecule has 0 aliphatic carbocycles. The van der Waals surface area contributed by atoms with E-state index < -0.39 is 0 Å². The average molecular weight is 226 g/mol. The molecule has 0 saturated carbocycles. The van der Waals surface area contributed by atoms with Crippen LogP contribution in [0.5, 0.6) is 0 Å². The van der Waals surface area contributed by atoms with E-state index in [1.54, 1.807) is 18.4 Å². The predicted molar refractivity (Wildman–Crippen MR) is 63.3 cm³/mol. The molecule has 0 aliphatic heterocycles. The number of Topliss-reactive ketones (excluding diaryl/α,β-unsaturated/α-hetero) is 1. The molecule has 1 unspecified atom stereocenters. The Morgan fingerprint density at radius 3 is 2.60 bits per heavy atom. The Hall–Kier alpha value is -0.670. The molecule has 0 amide bonds. The molecular weight excluding hydrogens is 208 g/mol. The van der Waals surface area contributed by atoms with Crippen LogP contribution in [0.1, 0.15) is 25.6 Å². The molecule has 0 fully saturated rings. The SMILES string of the molecule is COC(C(=O)Cc1cccs1)C(C)(C)C. The molecule has 0 radical (unpaired) electrons. The van der Waals surface area contributed by atoms with Crippen molar-refractivity contribution in [1.82, 2.24) is 0 Å². The fourth-order valence-corrected chi connectivity index (χ4v) is 2.36. The van der Waals surface area contributed by atoms with Crippen LogP contribution >= 0.6 is 11.3 Å². The lowest BCUT2D eigenvalue weighted by Crippen LogP contribution is -2.37. The zero-order chi connectivity index (χ0) is 11.5. The van der Waals surface area contributed by atoms with Gasteiger partial charge in [0.2, 0.25) is 0 Å².